The third-order valence-corrected chi connectivity index (χ3v) is 5.74. The summed E-state index contributed by atoms with van der Waals surface area (Å²) in [5.41, 5.74) is 0.468. The number of halogens is 1. The highest BCUT2D eigenvalue weighted by Crippen LogP contribution is 2.48. The molecular formula is C24H21ClN2O4. The normalized spacial score (nSPS) is 17.6. The Morgan fingerprint density at radius 1 is 0.935 bits per heavy atom. The second-order valence-electron chi connectivity index (χ2n) is 7.13. The van der Waals surface area contributed by atoms with Gasteiger partial charge in [0.15, 0.2) is 5.54 Å². The highest BCUT2D eigenvalue weighted by atomic mass is 35.5. The molecule has 4 rings (SSSR count). The zero-order chi connectivity index (χ0) is 22.0. The molecule has 1 N–H and O–H groups in total. The van der Waals surface area contributed by atoms with E-state index in [0.29, 0.717) is 33.5 Å². The molecule has 0 bridgehead atoms. The Bertz CT molecular complexity index is 1120. The number of carbonyl (C=O) groups excluding carboxylic acids is 2. The Labute approximate surface area is 185 Å². The smallest absolute Gasteiger partial charge is 0.255 e. The number of hydrogen-bond acceptors (Lipinski definition) is 4. The van der Waals surface area contributed by atoms with E-state index in [9.17, 15) is 9.59 Å². The topological polar surface area (TPSA) is 67.9 Å². The lowest BCUT2D eigenvalue weighted by Gasteiger charge is -2.51. The first kappa shape index (κ1) is 20.8. The lowest BCUT2D eigenvalue weighted by molar-refractivity contribution is -0.137. The van der Waals surface area contributed by atoms with Crippen molar-refractivity contribution in [3.8, 4) is 11.5 Å². The second-order valence-corrected chi connectivity index (χ2v) is 7.53. The average Bonchev–Trinajstić information content (AvgIpc) is 2.78. The standard InChI is InChI=1S/C24H21ClN2O4/c1-30-18-11-7-16(8-12-18)26-23(29)24(20-5-3-4-6-21(20)25)15-22(28)27(24)17-9-13-19(31-2)14-10-17/h3-14H,15H2,1-2H3,(H,26,29). The number of β-lactam (4-membered cyclic amide) rings is 1. The quantitative estimate of drug-likeness (QED) is 0.572. The Morgan fingerprint density at radius 2 is 1.52 bits per heavy atom. The predicted molar refractivity (Wildman–Crippen MR) is 120 cm³/mol. The fourth-order valence-electron chi connectivity index (χ4n) is 3.82. The number of carbonyl (C=O) groups is 2. The maximum atomic E-state index is 13.7. The molecule has 1 saturated heterocycles. The van der Waals surface area contributed by atoms with Gasteiger partial charge in [-0.15, -0.1) is 0 Å². The summed E-state index contributed by atoms with van der Waals surface area (Å²) >= 11 is 6.50. The molecule has 1 atom stereocenters. The molecule has 31 heavy (non-hydrogen) atoms. The fraction of sp³-hybridized carbons (Fsp3) is 0.167. The van der Waals surface area contributed by atoms with Gasteiger partial charge in [0.2, 0.25) is 5.91 Å². The maximum absolute atomic E-state index is 13.7. The number of ether oxygens (including phenoxy) is 2. The van der Waals surface area contributed by atoms with E-state index in [1.54, 1.807) is 87.0 Å². The summed E-state index contributed by atoms with van der Waals surface area (Å²) in [6.07, 6.45) is 0.00471. The van der Waals surface area contributed by atoms with E-state index < -0.39 is 5.54 Å². The van der Waals surface area contributed by atoms with Gasteiger partial charge in [0.1, 0.15) is 11.5 Å². The molecule has 0 saturated carbocycles. The minimum Gasteiger partial charge on any atom is -0.497 e. The molecule has 1 aliphatic heterocycles. The van der Waals surface area contributed by atoms with E-state index in [0.717, 1.165) is 0 Å². The van der Waals surface area contributed by atoms with Gasteiger partial charge in [-0.2, -0.15) is 0 Å². The van der Waals surface area contributed by atoms with Crippen LogP contribution in [-0.2, 0) is 15.1 Å². The molecule has 6 nitrogen and oxygen atoms in total. The van der Waals surface area contributed by atoms with Crippen molar-refractivity contribution in [1.29, 1.82) is 0 Å². The van der Waals surface area contributed by atoms with Gasteiger partial charge < -0.3 is 14.8 Å². The third kappa shape index (κ3) is 3.59. The molecule has 0 spiro atoms. The van der Waals surface area contributed by atoms with Crippen LogP contribution in [0.25, 0.3) is 0 Å². The van der Waals surface area contributed by atoms with Crippen LogP contribution in [0.2, 0.25) is 5.02 Å². The molecule has 0 aliphatic carbocycles. The van der Waals surface area contributed by atoms with Crippen molar-refractivity contribution < 1.29 is 19.1 Å². The maximum Gasteiger partial charge on any atom is 0.255 e. The Balaban J connectivity index is 1.77. The molecule has 0 radical (unpaired) electrons. The molecule has 0 aromatic heterocycles. The number of hydrogen-bond donors (Lipinski definition) is 1. The van der Waals surface area contributed by atoms with Crippen molar-refractivity contribution >= 4 is 34.8 Å². The number of methoxy groups -OCH3 is 2. The summed E-state index contributed by atoms with van der Waals surface area (Å²) in [6, 6.07) is 21.1. The first-order valence-corrected chi connectivity index (χ1v) is 10.0. The van der Waals surface area contributed by atoms with E-state index >= 15 is 0 Å². The van der Waals surface area contributed by atoms with Gasteiger partial charge in [-0.3, -0.25) is 14.5 Å². The molecule has 158 valence electrons. The number of rotatable bonds is 6. The van der Waals surface area contributed by atoms with E-state index in [-0.39, 0.29) is 18.2 Å². The van der Waals surface area contributed by atoms with Crippen LogP contribution in [-0.4, -0.2) is 26.0 Å². The monoisotopic (exact) mass is 436 g/mol. The summed E-state index contributed by atoms with van der Waals surface area (Å²) in [5.74, 6) is 0.816. The summed E-state index contributed by atoms with van der Waals surface area (Å²) < 4.78 is 10.4. The van der Waals surface area contributed by atoms with Gasteiger partial charge in [-0.05, 0) is 54.6 Å². The molecule has 1 unspecified atom stereocenters. The first-order chi connectivity index (χ1) is 15.0. The van der Waals surface area contributed by atoms with Crippen LogP contribution in [0, 0.1) is 0 Å². The van der Waals surface area contributed by atoms with Crippen molar-refractivity contribution in [2.45, 2.75) is 12.0 Å². The van der Waals surface area contributed by atoms with E-state index in [2.05, 4.69) is 5.32 Å². The average molecular weight is 437 g/mol. The number of anilines is 2. The highest BCUT2D eigenvalue weighted by molar-refractivity contribution is 6.32. The molecule has 1 aliphatic rings. The van der Waals surface area contributed by atoms with Gasteiger partial charge in [0.25, 0.3) is 5.91 Å². The number of amides is 2. The minimum absolute atomic E-state index is 0.00471. The van der Waals surface area contributed by atoms with Crippen molar-refractivity contribution in [3.05, 3.63) is 83.4 Å². The van der Waals surface area contributed by atoms with E-state index in [4.69, 9.17) is 21.1 Å². The largest absolute Gasteiger partial charge is 0.497 e. The summed E-state index contributed by atoms with van der Waals surface area (Å²) in [5, 5.41) is 3.35. The lowest BCUT2D eigenvalue weighted by atomic mass is 9.76. The van der Waals surface area contributed by atoms with Crippen LogP contribution in [0.1, 0.15) is 12.0 Å². The highest BCUT2D eigenvalue weighted by Gasteiger charge is 2.59. The lowest BCUT2D eigenvalue weighted by Crippen LogP contribution is -2.67. The predicted octanol–water partition coefficient (Wildman–Crippen LogP) is 4.63. The van der Waals surface area contributed by atoms with Crippen molar-refractivity contribution in [2.24, 2.45) is 0 Å². The first-order valence-electron chi connectivity index (χ1n) is 9.67. The number of nitrogens with one attached hydrogen (secondary N) is 1. The SMILES string of the molecule is COc1ccc(NC(=O)C2(c3ccccc3Cl)CC(=O)N2c2ccc(OC)cc2)cc1. The van der Waals surface area contributed by atoms with Gasteiger partial charge in [0.05, 0.1) is 20.6 Å². The van der Waals surface area contributed by atoms with Crippen LogP contribution in [0.3, 0.4) is 0 Å². The Hall–Kier alpha value is -3.51. The van der Waals surface area contributed by atoms with Crippen molar-refractivity contribution in [1.82, 2.24) is 0 Å². The van der Waals surface area contributed by atoms with Crippen LogP contribution in [0.4, 0.5) is 11.4 Å². The van der Waals surface area contributed by atoms with Crippen LogP contribution < -0.4 is 19.7 Å². The minimum atomic E-state index is -1.27. The van der Waals surface area contributed by atoms with Crippen molar-refractivity contribution in [3.63, 3.8) is 0 Å². The summed E-state index contributed by atoms with van der Waals surface area (Å²) in [4.78, 5) is 27.9. The summed E-state index contributed by atoms with van der Waals surface area (Å²) in [6.45, 7) is 0. The summed E-state index contributed by atoms with van der Waals surface area (Å²) in [7, 11) is 3.15. The zero-order valence-electron chi connectivity index (χ0n) is 17.1. The van der Waals surface area contributed by atoms with Gasteiger partial charge >= 0.3 is 0 Å². The van der Waals surface area contributed by atoms with E-state index in [1.165, 1.54) is 4.90 Å². The molecule has 3 aromatic carbocycles. The number of nitrogens with zero attached hydrogens (tertiary/aromatic N) is 1. The molecule has 3 aromatic rings. The molecular weight excluding hydrogens is 416 g/mol. The van der Waals surface area contributed by atoms with Crippen LogP contribution >= 0.6 is 11.6 Å². The van der Waals surface area contributed by atoms with Gasteiger partial charge in [-0.1, -0.05) is 29.8 Å². The molecule has 1 fully saturated rings. The molecule has 7 heteroatoms. The zero-order valence-corrected chi connectivity index (χ0v) is 17.8. The molecule has 1 heterocycles. The Kier molecular flexibility index (Phi) is 5.57. The number of benzene rings is 3. The van der Waals surface area contributed by atoms with Gasteiger partial charge in [-0.25, -0.2) is 0 Å². The van der Waals surface area contributed by atoms with Crippen molar-refractivity contribution in [2.75, 3.05) is 24.4 Å². The Morgan fingerprint density at radius 3 is 2.06 bits per heavy atom. The van der Waals surface area contributed by atoms with Crippen LogP contribution in [0.15, 0.2) is 72.8 Å². The molecule has 2 amide bonds. The second kappa shape index (κ2) is 8.32. The van der Waals surface area contributed by atoms with E-state index in [1.807, 2.05) is 0 Å². The van der Waals surface area contributed by atoms with Gasteiger partial charge in [0, 0.05) is 22.0 Å². The fourth-order valence-corrected chi connectivity index (χ4v) is 4.11. The third-order valence-electron chi connectivity index (χ3n) is 5.41. The van der Waals surface area contributed by atoms with Crippen LogP contribution in [0.5, 0.6) is 11.5 Å².